The number of carbonyl (C=O) groups excluding carboxylic acids is 1. The standard InChI is InChI=1S/C16H17ClF3NO/c1-3-9(2)7-21-8-11(17)15(22)6-14(21)16-12(19)4-10(18)5-13(16)20/h4-5,8-9,14H,3,6-7H2,1-2H3. The van der Waals surface area contributed by atoms with Crippen LogP contribution in [0, 0.1) is 23.4 Å². The van der Waals surface area contributed by atoms with E-state index in [1.54, 1.807) is 4.90 Å². The SMILES string of the molecule is CCC(C)CN1C=C(Cl)C(=O)CC1c1c(F)cc(F)cc1F. The van der Waals surface area contributed by atoms with Crippen LogP contribution in [-0.2, 0) is 4.79 Å². The maximum absolute atomic E-state index is 14.0. The van der Waals surface area contributed by atoms with Crippen LogP contribution in [0.2, 0.25) is 0 Å². The molecule has 0 radical (unpaired) electrons. The Morgan fingerprint density at radius 3 is 2.45 bits per heavy atom. The van der Waals surface area contributed by atoms with Crippen molar-refractivity contribution in [1.82, 2.24) is 4.90 Å². The smallest absolute Gasteiger partial charge is 0.178 e. The molecule has 2 atom stereocenters. The minimum absolute atomic E-state index is 0.0440. The topological polar surface area (TPSA) is 20.3 Å². The Morgan fingerprint density at radius 2 is 1.91 bits per heavy atom. The maximum atomic E-state index is 14.0. The molecule has 0 amide bonds. The number of carbonyl (C=O) groups is 1. The van der Waals surface area contributed by atoms with Crippen molar-refractivity contribution < 1.29 is 18.0 Å². The number of rotatable bonds is 4. The molecule has 0 spiro atoms. The van der Waals surface area contributed by atoms with Crippen LogP contribution < -0.4 is 0 Å². The molecule has 0 aliphatic carbocycles. The van der Waals surface area contributed by atoms with E-state index in [0.717, 1.165) is 6.42 Å². The van der Waals surface area contributed by atoms with E-state index in [0.29, 0.717) is 18.7 Å². The van der Waals surface area contributed by atoms with Gasteiger partial charge in [0.15, 0.2) is 5.78 Å². The molecule has 0 fully saturated rings. The lowest BCUT2D eigenvalue weighted by Crippen LogP contribution is -2.34. The highest BCUT2D eigenvalue weighted by Gasteiger charge is 2.32. The van der Waals surface area contributed by atoms with E-state index in [1.165, 1.54) is 6.20 Å². The minimum Gasteiger partial charge on any atom is -0.368 e. The van der Waals surface area contributed by atoms with Gasteiger partial charge in [0.05, 0.1) is 11.1 Å². The highest BCUT2D eigenvalue weighted by Crippen LogP contribution is 2.35. The maximum Gasteiger partial charge on any atom is 0.178 e. The number of hydrogen-bond acceptors (Lipinski definition) is 2. The molecule has 1 aromatic rings. The molecule has 2 nitrogen and oxygen atoms in total. The quantitative estimate of drug-likeness (QED) is 0.807. The third-order valence-corrected chi connectivity index (χ3v) is 4.23. The summed E-state index contributed by atoms with van der Waals surface area (Å²) < 4.78 is 41.2. The molecule has 1 heterocycles. The summed E-state index contributed by atoms with van der Waals surface area (Å²) in [5, 5.41) is 0.0440. The van der Waals surface area contributed by atoms with Gasteiger partial charge in [-0.05, 0) is 5.92 Å². The van der Waals surface area contributed by atoms with Gasteiger partial charge in [0.25, 0.3) is 0 Å². The normalized spacial score (nSPS) is 20.1. The fraction of sp³-hybridized carbons (Fsp3) is 0.438. The van der Waals surface area contributed by atoms with E-state index in [1.807, 2.05) is 13.8 Å². The number of hydrogen-bond donors (Lipinski definition) is 0. The van der Waals surface area contributed by atoms with E-state index < -0.39 is 23.5 Å². The molecule has 0 N–H and O–H groups in total. The van der Waals surface area contributed by atoms with E-state index in [2.05, 4.69) is 0 Å². The van der Waals surface area contributed by atoms with E-state index >= 15 is 0 Å². The summed E-state index contributed by atoms with van der Waals surface area (Å²) in [6.07, 6.45) is 2.16. The summed E-state index contributed by atoms with van der Waals surface area (Å²) in [7, 11) is 0. The number of nitrogens with zero attached hydrogens (tertiary/aromatic N) is 1. The molecule has 0 aromatic heterocycles. The molecule has 0 bridgehead atoms. The number of halogens is 4. The minimum atomic E-state index is -0.990. The highest BCUT2D eigenvalue weighted by atomic mass is 35.5. The van der Waals surface area contributed by atoms with E-state index in [-0.39, 0.29) is 28.7 Å². The molecule has 1 aliphatic rings. The zero-order valence-electron chi connectivity index (χ0n) is 12.4. The number of allylic oxidation sites excluding steroid dienone is 1. The van der Waals surface area contributed by atoms with Gasteiger partial charge in [-0.15, -0.1) is 0 Å². The fourth-order valence-electron chi connectivity index (χ4n) is 2.51. The third-order valence-electron chi connectivity index (χ3n) is 3.92. The Morgan fingerprint density at radius 1 is 1.32 bits per heavy atom. The van der Waals surface area contributed by atoms with Gasteiger partial charge >= 0.3 is 0 Å². The largest absolute Gasteiger partial charge is 0.368 e. The molecule has 2 unspecified atom stereocenters. The molecule has 1 aliphatic heterocycles. The van der Waals surface area contributed by atoms with Crippen LogP contribution >= 0.6 is 11.6 Å². The molecule has 0 saturated heterocycles. The zero-order chi connectivity index (χ0) is 16.4. The fourth-order valence-corrected chi connectivity index (χ4v) is 2.71. The molecule has 120 valence electrons. The van der Waals surface area contributed by atoms with Crippen LogP contribution in [0.3, 0.4) is 0 Å². The number of benzene rings is 1. The first-order chi connectivity index (χ1) is 10.3. The first-order valence-corrected chi connectivity index (χ1v) is 7.52. The second-order valence-electron chi connectivity index (χ2n) is 5.61. The van der Waals surface area contributed by atoms with Crippen molar-refractivity contribution in [2.45, 2.75) is 32.7 Å². The third kappa shape index (κ3) is 3.46. The summed E-state index contributed by atoms with van der Waals surface area (Å²) in [6.45, 7) is 4.49. The van der Waals surface area contributed by atoms with Crippen molar-refractivity contribution in [3.8, 4) is 0 Å². The lowest BCUT2D eigenvalue weighted by molar-refractivity contribution is -0.117. The molecule has 6 heteroatoms. The predicted octanol–water partition coefficient (Wildman–Crippen LogP) is 4.55. The van der Waals surface area contributed by atoms with Crippen molar-refractivity contribution >= 4 is 17.4 Å². The first-order valence-electron chi connectivity index (χ1n) is 7.14. The summed E-state index contributed by atoms with van der Waals surface area (Å²) in [5.41, 5.74) is -0.293. The average molecular weight is 332 g/mol. The van der Waals surface area contributed by atoms with Crippen LogP contribution in [0.25, 0.3) is 0 Å². The van der Waals surface area contributed by atoms with Gasteiger partial charge < -0.3 is 4.90 Å². The molecule has 0 saturated carbocycles. The van der Waals surface area contributed by atoms with Crippen LogP contribution in [0.4, 0.5) is 13.2 Å². The van der Waals surface area contributed by atoms with Gasteiger partial charge in [-0.3, -0.25) is 4.79 Å². The molecule has 22 heavy (non-hydrogen) atoms. The Labute approximate surface area is 132 Å². The highest BCUT2D eigenvalue weighted by molar-refractivity contribution is 6.42. The van der Waals surface area contributed by atoms with Crippen LogP contribution in [0.1, 0.15) is 38.3 Å². The van der Waals surface area contributed by atoms with Crippen molar-refractivity contribution in [1.29, 1.82) is 0 Å². The molecule has 2 rings (SSSR count). The lowest BCUT2D eigenvalue weighted by Gasteiger charge is -2.36. The van der Waals surface area contributed by atoms with Gasteiger partial charge in [0.1, 0.15) is 17.5 Å². The van der Waals surface area contributed by atoms with Crippen LogP contribution in [0.5, 0.6) is 0 Å². The second-order valence-corrected chi connectivity index (χ2v) is 6.02. The van der Waals surface area contributed by atoms with Gasteiger partial charge in [0.2, 0.25) is 0 Å². The van der Waals surface area contributed by atoms with Crippen molar-refractivity contribution in [2.24, 2.45) is 5.92 Å². The first kappa shape index (κ1) is 16.9. The number of Topliss-reactive ketones (excluding diaryl/α,β-unsaturated/α-hetero) is 1. The lowest BCUT2D eigenvalue weighted by atomic mass is 9.94. The van der Waals surface area contributed by atoms with Gasteiger partial charge in [-0.25, -0.2) is 13.2 Å². The molecular weight excluding hydrogens is 315 g/mol. The van der Waals surface area contributed by atoms with Crippen molar-refractivity contribution in [2.75, 3.05) is 6.54 Å². The average Bonchev–Trinajstić information content (AvgIpc) is 2.42. The van der Waals surface area contributed by atoms with Gasteiger partial charge in [-0.2, -0.15) is 0 Å². The Bertz CT molecular complexity index is 594. The Balaban J connectivity index is 2.44. The van der Waals surface area contributed by atoms with Crippen molar-refractivity contribution in [3.63, 3.8) is 0 Å². The van der Waals surface area contributed by atoms with Crippen LogP contribution in [0.15, 0.2) is 23.4 Å². The molecule has 1 aromatic carbocycles. The zero-order valence-corrected chi connectivity index (χ0v) is 13.1. The van der Waals surface area contributed by atoms with E-state index in [4.69, 9.17) is 11.6 Å². The summed E-state index contributed by atoms with van der Waals surface area (Å²) in [6, 6.07) is 0.443. The predicted molar refractivity (Wildman–Crippen MR) is 78.8 cm³/mol. The second kappa shape index (κ2) is 6.73. The van der Waals surface area contributed by atoms with Gasteiger partial charge in [0, 0.05) is 36.9 Å². The summed E-state index contributed by atoms with van der Waals surface area (Å²) in [5.74, 6) is -3.09. The van der Waals surface area contributed by atoms with Crippen molar-refractivity contribution in [3.05, 3.63) is 46.4 Å². The van der Waals surface area contributed by atoms with Gasteiger partial charge in [-0.1, -0.05) is 31.9 Å². The number of ketones is 1. The monoisotopic (exact) mass is 331 g/mol. The van der Waals surface area contributed by atoms with Crippen LogP contribution in [-0.4, -0.2) is 17.2 Å². The Hall–Kier alpha value is -1.49. The molecular formula is C16H17ClF3NO. The Kier molecular flexibility index (Phi) is 5.16. The summed E-state index contributed by atoms with van der Waals surface area (Å²) in [4.78, 5) is 13.5. The summed E-state index contributed by atoms with van der Waals surface area (Å²) >= 11 is 5.87. The van der Waals surface area contributed by atoms with E-state index in [9.17, 15) is 18.0 Å².